The Morgan fingerprint density at radius 1 is 0.570 bits per heavy atom. The first kappa shape index (κ1) is 101. The molecule has 0 saturated carbocycles. The molecule has 0 spiro atoms. The third kappa shape index (κ3) is 25.1. The molecule has 4 aliphatic rings. The third-order valence-corrected chi connectivity index (χ3v) is 23.8. The largest absolute Gasteiger partial charge is 0.377 e. The van der Waals surface area contributed by atoms with Crippen LogP contribution in [0.5, 0.6) is 0 Å². The number of hydrogen-bond acceptors (Lipinski definition) is 22. The number of nitrogens with one attached hydrogen (secondary N) is 6. The minimum Gasteiger partial charge on any atom is -0.377 e. The molecule has 694 valence electrons. The smallest absolute Gasteiger partial charge is 0.254 e. The topological polar surface area (TPSA) is 470 Å². The van der Waals surface area contributed by atoms with Crippen molar-refractivity contribution in [3.05, 3.63) is 103 Å². The zero-order valence-electron chi connectivity index (χ0n) is 76.0. The first-order valence-electron chi connectivity index (χ1n) is 42.6. The number of unbranched alkanes of at least 4 members (excludes halogenated alkanes) is 2. The van der Waals surface area contributed by atoms with Gasteiger partial charge in [-0.2, -0.15) is 0 Å². The normalized spacial score (nSPS) is 15.3. The summed E-state index contributed by atoms with van der Waals surface area (Å²) in [4.78, 5) is 267. The molecule has 40 heteroatoms. The predicted octanol–water partition coefficient (Wildman–Crippen LogP) is -0.897. The highest BCUT2D eigenvalue weighted by Crippen LogP contribution is 2.46. The number of imide groups is 1. The maximum Gasteiger partial charge on any atom is 0.254 e. The number of hydrogen-bond donors (Lipinski definition) is 7. The van der Waals surface area contributed by atoms with Crippen molar-refractivity contribution in [1.29, 1.82) is 0 Å². The number of rotatable bonds is 42. The summed E-state index contributed by atoms with van der Waals surface area (Å²) in [6, 6.07) is 5.18. The molecule has 0 bridgehead atoms. The van der Waals surface area contributed by atoms with E-state index in [9.17, 15) is 96.2 Å². The summed E-state index contributed by atoms with van der Waals surface area (Å²) in [6.07, 6.45) is 4.93. The van der Waals surface area contributed by atoms with Gasteiger partial charge in [0.1, 0.15) is 11.4 Å². The number of anilines is 1. The van der Waals surface area contributed by atoms with Gasteiger partial charge in [-0.15, -0.1) is 0 Å². The Morgan fingerprint density at radius 2 is 1.06 bits per heavy atom. The van der Waals surface area contributed by atoms with Crippen LogP contribution in [-0.2, 0) is 113 Å². The van der Waals surface area contributed by atoms with Gasteiger partial charge in [0.05, 0.1) is 101 Å². The molecule has 128 heavy (non-hydrogen) atoms. The number of pyridine rings is 2. The van der Waals surface area contributed by atoms with E-state index in [1.807, 2.05) is 20.8 Å². The van der Waals surface area contributed by atoms with Gasteiger partial charge in [-0.3, -0.25) is 96.0 Å². The van der Waals surface area contributed by atoms with Crippen LogP contribution < -0.4 is 37.5 Å². The van der Waals surface area contributed by atoms with E-state index in [1.165, 1.54) is 107 Å². The number of carbonyl (C=O) groups excluding carboxylic acids is 18. The second-order valence-electron chi connectivity index (χ2n) is 33.9. The van der Waals surface area contributed by atoms with E-state index in [2.05, 4.69) is 31.9 Å². The quantitative estimate of drug-likeness (QED) is 0.0184. The lowest BCUT2D eigenvalue weighted by Crippen LogP contribution is -2.55. The molecule has 8 rings (SSSR count). The second-order valence-corrected chi connectivity index (χ2v) is 33.9. The Labute approximate surface area is 742 Å². The number of ketones is 1. The van der Waals surface area contributed by atoms with Gasteiger partial charge >= 0.3 is 0 Å². The van der Waals surface area contributed by atoms with Gasteiger partial charge in [-0.05, 0) is 112 Å². The molecule has 17 amide bonds. The number of aliphatic hydroxyl groups is 1. The van der Waals surface area contributed by atoms with Crippen LogP contribution in [-0.4, -0.2) is 348 Å². The zero-order valence-corrected chi connectivity index (χ0v) is 76.0. The minimum atomic E-state index is -1.89. The number of benzene rings is 2. The van der Waals surface area contributed by atoms with Gasteiger partial charge in [0.2, 0.25) is 82.7 Å². The molecule has 2 aliphatic carbocycles. The van der Waals surface area contributed by atoms with Gasteiger partial charge in [-0.1, -0.05) is 33.3 Å². The monoisotopic (exact) mass is 1780 g/mol. The molecule has 4 heterocycles. The summed E-state index contributed by atoms with van der Waals surface area (Å²) >= 11 is 0. The van der Waals surface area contributed by atoms with E-state index < -0.39 is 171 Å². The number of fused-ring (bicyclic) bond motifs is 5. The van der Waals surface area contributed by atoms with E-state index in [4.69, 9.17) is 4.98 Å². The molecule has 2 aromatic carbocycles. The summed E-state index contributed by atoms with van der Waals surface area (Å²) in [5.41, 5.74) is 2.29. The number of aromatic nitrogens is 2. The SMILES string of the molecule is CC[C@@]1(O)C(=O)CCc2c1cc1n(c2=O)Cc2c-1nc1cc(F)c(C)c3c1c2[C@@H](NC(=O)CCc1ccc(NC(=O)[C@H](C)NC(C)[C@@H](NC(=O)CCCCCN2C(=O)C=CC2=O)C(C)C)cc1C(=O)NCCNC(=O)CN(C)C(=O)CN(C)C(=O)CN(C)C(=O)CN(C)C(=O)CN(C)C(=O)CN(C)C(=O)CN(C)C(=O)CN(C)C(=O)CN(C)C(=O)CN(C)C(C)=O)CC3. The summed E-state index contributed by atoms with van der Waals surface area (Å²) in [5, 5.41) is 30.2. The zero-order chi connectivity index (χ0) is 94.9. The van der Waals surface area contributed by atoms with Crippen LogP contribution in [0.1, 0.15) is 148 Å². The van der Waals surface area contributed by atoms with Gasteiger partial charge in [0, 0.05) is 180 Å². The maximum absolute atomic E-state index is 15.8. The van der Waals surface area contributed by atoms with Crippen molar-refractivity contribution >= 4 is 123 Å². The van der Waals surface area contributed by atoms with Crippen molar-refractivity contribution in [2.45, 2.75) is 155 Å². The molecule has 39 nitrogen and oxygen atoms in total. The molecule has 4 aromatic rings. The third-order valence-electron chi connectivity index (χ3n) is 23.8. The maximum atomic E-state index is 15.8. The fraction of sp³-hybridized carbons (Fsp3) is 0.545. The van der Waals surface area contributed by atoms with E-state index in [0.29, 0.717) is 87.8 Å². The Bertz CT molecular complexity index is 5130. The molecule has 5 atom stereocenters. The van der Waals surface area contributed by atoms with Crippen LogP contribution in [0, 0.1) is 18.7 Å². The van der Waals surface area contributed by atoms with Crippen LogP contribution in [0.3, 0.4) is 0 Å². The van der Waals surface area contributed by atoms with E-state index in [0.717, 1.165) is 49.0 Å². The van der Waals surface area contributed by atoms with Gasteiger partial charge in [-0.25, -0.2) is 9.37 Å². The van der Waals surface area contributed by atoms with Gasteiger partial charge in [0.15, 0.2) is 5.78 Å². The number of aryl methyl sites for hydroxylation is 2. The molecule has 0 fully saturated rings. The second kappa shape index (κ2) is 44.1. The Kier molecular flexibility index (Phi) is 34.7. The van der Waals surface area contributed by atoms with Gasteiger partial charge < -0.3 is 90.6 Å². The molecular formula is C88H120FN19O20. The van der Waals surface area contributed by atoms with Crippen molar-refractivity contribution in [2.75, 3.05) is 161 Å². The number of nitrogens with zero attached hydrogens (tertiary/aromatic N) is 13. The molecule has 0 saturated heterocycles. The minimum absolute atomic E-state index is 0.0163. The van der Waals surface area contributed by atoms with Crippen molar-refractivity contribution in [2.24, 2.45) is 5.92 Å². The van der Waals surface area contributed by atoms with Crippen LogP contribution >= 0.6 is 0 Å². The Hall–Kier alpha value is -12.7. The number of carbonyl (C=O) groups is 18. The van der Waals surface area contributed by atoms with E-state index >= 15 is 4.39 Å². The van der Waals surface area contributed by atoms with Crippen molar-refractivity contribution in [3.63, 3.8) is 0 Å². The lowest BCUT2D eigenvalue weighted by molar-refractivity contribution is -0.146. The average Bonchev–Trinajstić information content (AvgIpc) is 1.52. The lowest BCUT2D eigenvalue weighted by Gasteiger charge is -2.32. The lowest BCUT2D eigenvalue weighted by atomic mass is 9.77. The molecular weight excluding hydrogens is 1660 g/mol. The summed E-state index contributed by atoms with van der Waals surface area (Å²) in [6.45, 7) is 7.25. The number of halogens is 1. The Balaban J connectivity index is 0.836. The van der Waals surface area contributed by atoms with Crippen LogP contribution in [0.25, 0.3) is 22.3 Å². The summed E-state index contributed by atoms with van der Waals surface area (Å²) in [7, 11) is 13.3. The molecule has 2 aromatic heterocycles. The fourth-order valence-electron chi connectivity index (χ4n) is 15.6. The number of amides is 17. The highest BCUT2D eigenvalue weighted by atomic mass is 19.1. The van der Waals surface area contributed by atoms with E-state index in [-0.39, 0.29) is 130 Å². The van der Waals surface area contributed by atoms with E-state index in [1.54, 1.807) is 43.5 Å². The van der Waals surface area contributed by atoms with Gasteiger partial charge in [0.25, 0.3) is 23.3 Å². The molecule has 2 aliphatic heterocycles. The van der Waals surface area contributed by atoms with Crippen molar-refractivity contribution in [1.82, 2.24) is 90.0 Å². The molecule has 1 unspecified atom stereocenters. The van der Waals surface area contributed by atoms with Crippen LogP contribution in [0.15, 0.2) is 47.3 Å². The summed E-state index contributed by atoms with van der Waals surface area (Å²) in [5.74, 6) is -10.3. The highest BCUT2D eigenvalue weighted by Gasteiger charge is 2.45. The predicted molar refractivity (Wildman–Crippen MR) is 466 cm³/mol. The first-order valence-corrected chi connectivity index (χ1v) is 42.6. The number of likely N-dealkylation sites (N-methyl/N-ethyl adjacent to an activating group) is 10. The molecule has 0 radical (unpaired) electrons. The Morgan fingerprint density at radius 3 is 1.55 bits per heavy atom. The fourth-order valence-corrected chi connectivity index (χ4v) is 15.6. The standard InChI is InChI=1S/C88H120FN19O20/c1-18-88(128)61-37-65-84-60(39-108(65)87(127)58(61)27-29-66(88)110)82-63(28-26-57-51(4)62(89)38-64(95-84)81(57)82)94-68(112)30-24-55-23-25-56(93-85(125)53(6)92-52(5)83(50(2)3)96-67(111)22-20-19-21-35-107-70(114)31-32-71(107)115)36-59(55)86(126)91-34-33-90-69(113)40-98(9)73(117)42-100(11)75(119)44-102(13)77(121)46-104(15)79(123)48-106(17)80(124)49-105(16)78(122)47-103(14)76(120)45-101(12)74(118)43-99(10)72(116)41-97(8)54(7)109/h23,25,31-32,36-38,50,52-53,63,83,92,128H,18-22,24,26-30,33-35,39-49H2,1-17H3,(H,90,113)(H,91,126)(H,93,125)(H,94,112)(H,96,111)/t52?,53-,63-,83-,88-/m0/s1. The first-order chi connectivity index (χ1) is 60.2. The number of Topliss-reactive ketones (excluding diaryl/α,β-unsaturated/α-hetero) is 1. The van der Waals surface area contributed by atoms with Crippen LogP contribution in [0.4, 0.5) is 10.1 Å². The molecule has 7 N–H and O–H groups in total. The van der Waals surface area contributed by atoms with Crippen LogP contribution in [0.2, 0.25) is 0 Å². The van der Waals surface area contributed by atoms with Crippen molar-refractivity contribution < 1.29 is 95.8 Å². The summed E-state index contributed by atoms with van der Waals surface area (Å²) < 4.78 is 17.4. The van der Waals surface area contributed by atoms with Crippen molar-refractivity contribution in [3.8, 4) is 11.4 Å². The highest BCUT2D eigenvalue weighted by molar-refractivity contribution is 6.13. The average molecular weight is 1780 g/mol.